The van der Waals surface area contributed by atoms with E-state index in [0.717, 1.165) is 70.8 Å². The molecule has 10 rings (SSSR count). The zero-order valence-corrected chi connectivity index (χ0v) is 41.0. The summed E-state index contributed by atoms with van der Waals surface area (Å²) in [6.45, 7) is 25.5. The molecule has 13 nitrogen and oxygen atoms in total. The second kappa shape index (κ2) is 20.2. The Bertz CT molecular complexity index is 1700. The molecule has 0 amide bonds. The van der Waals surface area contributed by atoms with Crippen molar-refractivity contribution in [1.29, 1.82) is 0 Å². The number of fused-ring (bicyclic) bond motifs is 1. The highest BCUT2D eigenvalue weighted by Crippen LogP contribution is 2.65. The molecule has 0 aromatic heterocycles. The van der Waals surface area contributed by atoms with Gasteiger partial charge in [-0.15, -0.1) is 0 Å². The molecule has 2 saturated heterocycles. The Morgan fingerprint density at radius 2 is 1.06 bits per heavy atom. The molecule has 0 spiro atoms. The lowest BCUT2D eigenvalue weighted by atomic mass is 9.48. The number of rotatable bonds is 15. The largest absolute Gasteiger partial charge is 0.457 e. The van der Waals surface area contributed by atoms with Gasteiger partial charge in [0.2, 0.25) is 5.24 Å². The minimum atomic E-state index is -0.618. The van der Waals surface area contributed by atoms with Crippen LogP contribution in [0.4, 0.5) is 0 Å². The lowest BCUT2D eigenvalue weighted by Crippen LogP contribution is -2.60. The van der Waals surface area contributed by atoms with Crippen LogP contribution in [0.5, 0.6) is 0 Å². The number of esters is 3. The van der Waals surface area contributed by atoms with Crippen LogP contribution in [0.1, 0.15) is 132 Å². The molecule has 8 aliphatic carbocycles. The van der Waals surface area contributed by atoms with Gasteiger partial charge in [0, 0.05) is 29.4 Å². The van der Waals surface area contributed by atoms with E-state index in [-0.39, 0.29) is 72.5 Å². The van der Waals surface area contributed by atoms with Crippen molar-refractivity contribution in [3.63, 3.8) is 0 Å². The van der Waals surface area contributed by atoms with Crippen molar-refractivity contribution >= 4 is 46.4 Å². The van der Waals surface area contributed by atoms with Gasteiger partial charge >= 0.3 is 17.9 Å². The van der Waals surface area contributed by atoms with Gasteiger partial charge in [-0.3, -0.25) is 9.59 Å². The molecule has 10 fully saturated rings. The number of carbonyl (C=O) groups is 4. The van der Waals surface area contributed by atoms with Crippen LogP contribution in [-0.2, 0) is 61.8 Å². The molecule has 0 radical (unpaired) electrons. The van der Waals surface area contributed by atoms with Gasteiger partial charge in [0.25, 0.3) is 0 Å². The zero-order chi connectivity index (χ0) is 46.9. The van der Waals surface area contributed by atoms with Crippen molar-refractivity contribution in [3.05, 3.63) is 24.3 Å². The summed E-state index contributed by atoms with van der Waals surface area (Å²) in [5.41, 5.74) is -0.991. The summed E-state index contributed by atoms with van der Waals surface area (Å²) in [5.74, 6) is 0.772. The Kier molecular flexibility index (Phi) is 16.2. The maximum absolute atomic E-state index is 13.7. The van der Waals surface area contributed by atoms with Crippen molar-refractivity contribution in [3.8, 4) is 0 Å². The summed E-state index contributed by atoms with van der Waals surface area (Å²) in [5, 5.41) is -0.239. The van der Waals surface area contributed by atoms with Crippen molar-refractivity contribution in [2.75, 3.05) is 46.1 Å². The van der Waals surface area contributed by atoms with Gasteiger partial charge in [0.15, 0.2) is 6.10 Å². The Morgan fingerprint density at radius 3 is 1.50 bits per heavy atom. The molecule has 362 valence electrons. The topological polar surface area (TPSA) is 151 Å². The van der Waals surface area contributed by atoms with E-state index in [9.17, 15) is 19.2 Å². The maximum Gasteiger partial charge on any atom is 0.333 e. The van der Waals surface area contributed by atoms with Crippen LogP contribution in [-0.4, -0.2) is 105 Å². The van der Waals surface area contributed by atoms with Crippen molar-refractivity contribution in [1.82, 2.24) is 0 Å². The van der Waals surface area contributed by atoms with E-state index in [2.05, 4.69) is 54.7 Å². The number of halogens is 2. The van der Waals surface area contributed by atoms with E-state index in [0.29, 0.717) is 66.9 Å². The van der Waals surface area contributed by atoms with Crippen LogP contribution >= 0.6 is 23.2 Å². The van der Waals surface area contributed by atoms with Crippen LogP contribution in [0, 0.1) is 45.3 Å². The minimum absolute atomic E-state index is 0.0755. The molecular weight excluding hydrogens is 867 g/mol. The maximum atomic E-state index is 13.7. The number of alkyl halides is 1. The Hall–Kier alpha value is -2.10. The Balaban J connectivity index is 0.000000208. The van der Waals surface area contributed by atoms with Crippen LogP contribution in [0.2, 0.25) is 0 Å². The molecular formula is C49H74Cl2O13. The third kappa shape index (κ3) is 12.5. The first kappa shape index (κ1) is 51.3. The van der Waals surface area contributed by atoms with E-state index >= 15 is 0 Å². The van der Waals surface area contributed by atoms with E-state index in [1.807, 2.05) is 0 Å². The lowest BCUT2D eigenvalue weighted by Gasteiger charge is -2.59. The zero-order valence-electron chi connectivity index (χ0n) is 39.5. The molecule has 2 aliphatic heterocycles. The SMILES string of the molecule is C=C(C)C(=O)OC12CC3CC(C1)CC(C(=O)Cl)(C3)C2.C=C(C)C(=O)OC12CC3CC(C1)CC(C(=O)OC1COC4C(OCOCOCC(C)(C)C)COC14)(C3)C2.CC(C)(C)COCCl. The molecule has 2 heterocycles. The van der Waals surface area contributed by atoms with Crippen molar-refractivity contribution in [2.24, 2.45) is 45.3 Å². The first-order chi connectivity index (χ1) is 29.9. The molecule has 64 heavy (non-hydrogen) atoms. The molecule has 8 unspecified atom stereocenters. The van der Waals surface area contributed by atoms with E-state index in [1.54, 1.807) is 13.8 Å². The average molecular weight is 942 g/mol. The van der Waals surface area contributed by atoms with Gasteiger partial charge < -0.3 is 42.6 Å². The summed E-state index contributed by atoms with van der Waals surface area (Å²) < 4.78 is 51.4. The normalized spacial score (nSPS) is 37.4. The second-order valence-electron chi connectivity index (χ2n) is 23.1. The van der Waals surface area contributed by atoms with Gasteiger partial charge in [0.05, 0.1) is 31.8 Å². The fourth-order valence-corrected chi connectivity index (χ4v) is 12.8. The lowest BCUT2D eigenvalue weighted by molar-refractivity contribution is -0.214. The smallest absolute Gasteiger partial charge is 0.333 e. The van der Waals surface area contributed by atoms with E-state index in [4.69, 9.17) is 65.8 Å². The first-order valence-electron chi connectivity index (χ1n) is 23.2. The molecule has 0 aromatic rings. The van der Waals surface area contributed by atoms with Crippen LogP contribution in [0.3, 0.4) is 0 Å². The minimum Gasteiger partial charge on any atom is -0.457 e. The highest BCUT2D eigenvalue weighted by Gasteiger charge is 2.64. The first-order valence-corrected chi connectivity index (χ1v) is 24.1. The van der Waals surface area contributed by atoms with Crippen molar-refractivity contribution in [2.45, 2.75) is 168 Å². The number of hydrogen-bond acceptors (Lipinski definition) is 13. The predicted molar refractivity (Wildman–Crippen MR) is 239 cm³/mol. The monoisotopic (exact) mass is 940 g/mol. The fourth-order valence-electron chi connectivity index (χ4n) is 12.5. The average Bonchev–Trinajstić information content (AvgIpc) is 3.76. The summed E-state index contributed by atoms with van der Waals surface area (Å²) >= 11 is 11.1. The summed E-state index contributed by atoms with van der Waals surface area (Å²) in [7, 11) is 0. The van der Waals surface area contributed by atoms with Crippen LogP contribution in [0.15, 0.2) is 24.3 Å². The van der Waals surface area contributed by atoms with Gasteiger partial charge in [0.1, 0.15) is 49.2 Å². The van der Waals surface area contributed by atoms with Gasteiger partial charge in [-0.1, -0.05) is 66.3 Å². The summed E-state index contributed by atoms with van der Waals surface area (Å²) in [6.07, 6.45) is 8.65. The van der Waals surface area contributed by atoms with Gasteiger partial charge in [-0.25, -0.2) is 9.59 Å². The van der Waals surface area contributed by atoms with Crippen LogP contribution < -0.4 is 0 Å². The molecule has 0 N–H and O–H groups in total. The summed E-state index contributed by atoms with van der Waals surface area (Å²) in [4.78, 5) is 49.8. The third-order valence-electron chi connectivity index (χ3n) is 14.1. The predicted octanol–water partition coefficient (Wildman–Crippen LogP) is 8.99. The highest BCUT2D eigenvalue weighted by molar-refractivity contribution is 6.64. The highest BCUT2D eigenvalue weighted by atomic mass is 35.5. The van der Waals surface area contributed by atoms with Gasteiger partial charge in [-0.05, 0) is 124 Å². The standard InChI is InChI=1S/C28H42O9.C15H19ClO3.C6H13ClO/c1-17(2)24(29)37-28-9-18-6-19(10-28)8-27(7-18,13-28)25(30)36-21-12-34-22-20(11-33-23(21)22)35-16-32-15-31-14-26(3,4)5;1-9(2)12(17)19-15-6-10-3-11(7-15)5-14(4-10,8-15)13(16)18;1-6(2,3)4-8-5-7/h18-23H,1,6-16H2,2-5H3;10-11H,1,3-8H2,2H3;4-5H2,1-3H3. The molecule has 0 aromatic carbocycles. The number of hydrogen-bond donors (Lipinski definition) is 0. The molecule has 15 heteroatoms. The quantitative estimate of drug-likeness (QED) is 0.0293. The third-order valence-corrected chi connectivity index (χ3v) is 14.6. The number of ether oxygens (including phenoxy) is 9. The molecule has 8 bridgehead atoms. The van der Waals surface area contributed by atoms with E-state index in [1.165, 1.54) is 0 Å². The fraction of sp³-hybridized carbons (Fsp3) is 0.837. The van der Waals surface area contributed by atoms with Gasteiger partial charge in [-0.2, -0.15) is 0 Å². The summed E-state index contributed by atoms with van der Waals surface area (Å²) in [6, 6.07) is 0.303. The van der Waals surface area contributed by atoms with Crippen LogP contribution in [0.25, 0.3) is 0 Å². The molecule has 10 aliphatic rings. The Morgan fingerprint density at radius 1 is 0.625 bits per heavy atom. The molecule has 8 atom stereocenters. The number of carbonyl (C=O) groups excluding carboxylic acids is 4. The Labute approximate surface area is 390 Å². The molecule has 8 saturated carbocycles. The second-order valence-corrected chi connectivity index (χ2v) is 23.6. The van der Waals surface area contributed by atoms with E-state index < -0.39 is 28.1 Å². The van der Waals surface area contributed by atoms with Crippen molar-refractivity contribution < 1.29 is 61.8 Å².